The molecule has 0 heterocycles. The van der Waals surface area contributed by atoms with E-state index in [-0.39, 0.29) is 0 Å². The van der Waals surface area contributed by atoms with Crippen molar-refractivity contribution in [3.8, 4) is 0 Å². The average Bonchev–Trinajstić information content (AvgIpc) is 2.99. The first-order chi connectivity index (χ1) is 20.3. The lowest BCUT2D eigenvalue weighted by atomic mass is 9.68. The Hall–Kier alpha value is 0. The van der Waals surface area contributed by atoms with Gasteiger partial charge in [-0.05, 0) is 31.1 Å². The summed E-state index contributed by atoms with van der Waals surface area (Å²) in [4.78, 5) is 0. The second kappa shape index (κ2) is 31.4. The molecule has 0 saturated heterocycles. The van der Waals surface area contributed by atoms with Gasteiger partial charge in [-0.15, -0.1) is 0 Å². The summed E-state index contributed by atoms with van der Waals surface area (Å²) in [6.07, 6.45) is 56.9. The zero-order chi connectivity index (χ0) is 29.4. The maximum Gasteiger partial charge on any atom is -0.0297 e. The predicted molar refractivity (Wildman–Crippen MR) is 189 cm³/mol. The largest absolute Gasteiger partial charge is 0.0654 e. The predicted octanol–water partition coefficient (Wildman–Crippen LogP) is 15.8. The minimum Gasteiger partial charge on any atom is -0.0654 e. The van der Waals surface area contributed by atoms with Crippen molar-refractivity contribution in [2.24, 2.45) is 5.41 Å². The van der Waals surface area contributed by atoms with Crippen molar-refractivity contribution in [3.63, 3.8) is 0 Å². The molecule has 0 N–H and O–H groups in total. The maximum absolute atomic E-state index is 2.32. The van der Waals surface area contributed by atoms with Crippen molar-refractivity contribution in [1.82, 2.24) is 0 Å². The Labute approximate surface area is 262 Å². The molecule has 0 heteroatoms. The van der Waals surface area contributed by atoms with Crippen LogP contribution in [0.25, 0.3) is 0 Å². The van der Waals surface area contributed by atoms with Crippen molar-refractivity contribution in [1.29, 1.82) is 0 Å². The average molecular weight is 575 g/mol. The molecule has 0 aliphatic heterocycles. The first-order valence-electron chi connectivity index (χ1n) is 20.3. The molecule has 0 aromatic heterocycles. The molecular weight excluding hydrogens is 492 g/mol. The van der Waals surface area contributed by atoms with Crippen molar-refractivity contribution in [2.45, 2.75) is 258 Å². The van der Waals surface area contributed by atoms with Crippen molar-refractivity contribution < 1.29 is 0 Å². The Morgan fingerprint density at radius 2 is 0.488 bits per heavy atom. The minimum atomic E-state index is 0.755. The molecule has 0 spiro atoms. The summed E-state index contributed by atoms with van der Waals surface area (Å²) in [5.74, 6) is 0. The van der Waals surface area contributed by atoms with Gasteiger partial charge in [-0.1, -0.05) is 232 Å². The highest BCUT2D eigenvalue weighted by Crippen LogP contribution is 2.44. The van der Waals surface area contributed by atoms with Gasteiger partial charge in [0.2, 0.25) is 0 Å². The van der Waals surface area contributed by atoms with Gasteiger partial charge in [0.05, 0.1) is 0 Å². The van der Waals surface area contributed by atoms with E-state index in [0.29, 0.717) is 0 Å². The second-order valence-electron chi connectivity index (χ2n) is 14.8. The fourth-order valence-electron chi connectivity index (χ4n) is 7.85. The van der Waals surface area contributed by atoms with Crippen LogP contribution in [-0.2, 0) is 0 Å². The van der Waals surface area contributed by atoms with Crippen molar-refractivity contribution in [3.05, 3.63) is 0 Å². The van der Waals surface area contributed by atoms with E-state index in [9.17, 15) is 0 Å². The van der Waals surface area contributed by atoms with Crippen LogP contribution in [0.3, 0.4) is 0 Å². The Morgan fingerprint density at radius 3 is 0.732 bits per heavy atom. The molecule has 0 aromatic carbocycles. The normalized spacial score (nSPS) is 15.1. The summed E-state index contributed by atoms with van der Waals surface area (Å²) >= 11 is 0. The van der Waals surface area contributed by atoms with E-state index in [2.05, 4.69) is 13.8 Å². The molecule has 1 fully saturated rings. The monoisotopic (exact) mass is 575 g/mol. The standard InChI is InChI=1S/C41H82/c1-3-5-7-9-11-13-15-17-19-21-23-25-27-29-31-34-38-41(39-35-32-36-40-41)37-33-30-28-26-24-22-20-18-16-14-12-10-8-6-4-2/h3-40H2,1-2H3. The number of unbranched alkanes of at least 4 members (excludes halogenated alkanes) is 29. The van der Waals surface area contributed by atoms with Crippen LogP contribution < -0.4 is 0 Å². The van der Waals surface area contributed by atoms with Crippen LogP contribution in [0.1, 0.15) is 258 Å². The summed E-state index contributed by atoms with van der Waals surface area (Å²) in [6.45, 7) is 4.63. The smallest absolute Gasteiger partial charge is 0.0297 e. The Balaban J connectivity index is 1.91. The van der Waals surface area contributed by atoms with Crippen LogP contribution in [0.4, 0.5) is 0 Å². The third kappa shape index (κ3) is 26.1. The Kier molecular flexibility index (Phi) is 29.9. The molecule has 0 atom stereocenters. The number of hydrogen-bond donors (Lipinski definition) is 0. The van der Waals surface area contributed by atoms with E-state index < -0.39 is 0 Å². The van der Waals surface area contributed by atoms with Gasteiger partial charge in [0.15, 0.2) is 0 Å². The molecule has 0 radical (unpaired) electrons. The fourth-order valence-corrected chi connectivity index (χ4v) is 7.85. The molecule has 0 nitrogen and oxygen atoms in total. The summed E-state index contributed by atoms with van der Waals surface area (Å²) in [7, 11) is 0. The van der Waals surface area contributed by atoms with E-state index in [4.69, 9.17) is 0 Å². The SMILES string of the molecule is CCCCCCCCCCCCCCCCCCC1(CCCCCCCCCCCCCCCCC)CCCCC1. The van der Waals surface area contributed by atoms with Gasteiger partial charge in [0.25, 0.3) is 0 Å². The molecule has 0 unspecified atom stereocenters. The zero-order valence-electron chi connectivity index (χ0n) is 29.4. The van der Waals surface area contributed by atoms with Crippen LogP contribution in [-0.4, -0.2) is 0 Å². The third-order valence-electron chi connectivity index (χ3n) is 10.8. The highest BCUT2D eigenvalue weighted by Gasteiger charge is 2.30. The highest BCUT2D eigenvalue weighted by molar-refractivity contribution is 4.83. The molecule has 1 aliphatic rings. The van der Waals surface area contributed by atoms with Crippen LogP contribution >= 0.6 is 0 Å². The lowest BCUT2D eigenvalue weighted by molar-refractivity contribution is 0.146. The number of hydrogen-bond acceptors (Lipinski definition) is 0. The molecule has 0 amide bonds. The zero-order valence-corrected chi connectivity index (χ0v) is 29.4. The fraction of sp³-hybridized carbons (Fsp3) is 1.00. The Bertz CT molecular complexity index is 472. The van der Waals surface area contributed by atoms with Gasteiger partial charge in [0, 0.05) is 0 Å². The van der Waals surface area contributed by atoms with Crippen LogP contribution in [0.2, 0.25) is 0 Å². The topological polar surface area (TPSA) is 0 Å². The molecule has 0 aromatic rings. The van der Waals surface area contributed by atoms with Crippen LogP contribution in [0.5, 0.6) is 0 Å². The molecule has 1 aliphatic carbocycles. The van der Waals surface area contributed by atoms with Crippen LogP contribution in [0, 0.1) is 5.41 Å². The number of rotatable bonds is 33. The van der Waals surface area contributed by atoms with E-state index >= 15 is 0 Å². The molecule has 0 bridgehead atoms. The lowest BCUT2D eigenvalue weighted by Crippen LogP contribution is -2.24. The molecule has 1 saturated carbocycles. The first kappa shape index (κ1) is 39.0. The quantitative estimate of drug-likeness (QED) is 0.0684. The Morgan fingerprint density at radius 1 is 0.268 bits per heavy atom. The summed E-state index contributed by atoms with van der Waals surface area (Å²) in [5.41, 5.74) is 0.755. The van der Waals surface area contributed by atoms with Gasteiger partial charge >= 0.3 is 0 Å². The van der Waals surface area contributed by atoms with E-state index in [0.717, 1.165) is 5.41 Å². The maximum atomic E-state index is 2.32. The van der Waals surface area contributed by atoms with E-state index in [1.54, 1.807) is 25.7 Å². The molecule has 246 valence electrons. The summed E-state index contributed by atoms with van der Waals surface area (Å²) < 4.78 is 0. The van der Waals surface area contributed by atoms with Gasteiger partial charge in [-0.2, -0.15) is 0 Å². The van der Waals surface area contributed by atoms with E-state index in [1.165, 1.54) is 218 Å². The molecule has 41 heavy (non-hydrogen) atoms. The lowest BCUT2D eigenvalue weighted by Gasteiger charge is -2.38. The van der Waals surface area contributed by atoms with Gasteiger partial charge in [-0.25, -0.2) is 0 Å². The van der Waals surface area contributed by atoms with Gasteiger partial charge in [-0.3, -0.25) is 0 Å². The summed E-state index contributed by atoms with van der Waals surface area (Å²) in [6, 6.07) is 0. The molecular formula is C41H82. The molecule has 1 rings (SSSR count). The highest BCUT2D eigenvalue weighted by atomic mass is 14.4. The van der Waals surface area contributed by atoms with Crippen molar-refractivity contribution in [2.75, 3.05) is 0 Å². The minimum absolute atomic E-state index is 0.755. The van der Waals surface area contributed by atoms with E-state index in [1.807, 2.05) is 0 Å². The van der Waals surface area contributed by atoms with Gasteiger partial charge in [0.1, 0.15) is 0 Å². The summed E-state index contributed by atoms with van der Waals surface area (Å²) in [5, 5.41) is 0. The van der Waals surface area contributed by atoms with Crippen molar-refractivity contribution >= 4 is 0 Å². The third-order valence-corrected chi connectivity index (χ3v) is 10.8. The second-order valence-corrected chi connectivity index (χ2v) is 14.8. The van der Waals surface area contributed by atoms with Gasteiger partial charge < -0.3 is 0 Å². The first-order valence-corrected chi connectivity index (χ1v) is 20.3. The van der Waals surface area contributed by atoms with Crippen LogP contribution in [0.15, 0.2) is 0 Å².